The van der Waals surface area contributed by atoms with Crippen LogP contribution in [-0.2, 0) is 25.9 Å². The minimum atomic E-state index is -4.74. The molecule has 24 heavy (non-hydrogen) atoms. The topological polar surface area (TPSA) is 161 Å². The average Bonchev–Trinajstić information content (AvgIpc) is 3.10. The predicted octanol–water partition coefficient (Wildman–Crippen LogP) is -0.663. The van der Waals surface area contributed by atoms with Crippen molar-refractivity contribution in [3.63, 3.8) is 0 Å². The fourth-order valence-corrected chi connectivity index (χ4v) is 2.84. The second-order valence-electron chi connectivity index (χ2n) is 5.49. The molecule has 2 rings (SSSR count). The molecule has 0 aromatic carbocycles. The highest BCUT2D eigenvalue weighted by atomic mass is 32.3. The maximum absolute atomic E-state index is 11.6. The van der Waals surface area contributed by atoms with E-state index in [1.165, 1.54) is 0 Å². The number of rotatable bonds is 9. The number of nitrogens with one attached hydrogen (secondary N) is 1. The first-order valence-corrected chi connectivity index (χ1v) is 8.88. The molecule has 0 aliphatic carbocycles. The molecule has 1 aliphatic heterocycles. The van der Waals surface area contributed by atoms with Crippen molar-refractivity contribution in [3.8, 4) is 0 Å². The van der Waals surface area contributed by atoms with Gasteiger partial charge in [-0.25, -0.2) is 0 Å². The van der Waals surface area contributed by atoms with Crippen LogP contribution in [-0.4, -0.2) is 53.8 Å². The summed E-state index contributed by atoms with van der Waals surface area (Å²) in [6, 6.07) is -1.03. The Morgan fingerprint density at radius 3 is 2.96 bits per heavy atom. The summed E-state index contributed by atoms with van der Waals surface area (Å²) < 4.78 is 40.1. The number of carbonyl (C=O) groups is 1. The lowest BCUT2D eigenvalue weighted by Crippen LogP contribution is -2.35. The molecule has 1 amide bonds. The zero-order valence-corrected chi connectivity index (χ0v) is 14.0. The Morgan fingerprint density at radius 2 is 2.29 bits per heavy atom. The molecule has 1 aliphatic rings. The van der Waals surface area contributed by atoms with Crippen LogP contribution in [0.15, 0.2) is 4.42 Å². The minimum Gasteiger partial charge on any atom is -0.424 e. The van der Waals surface area contributed by atoms with Crippen molar-refractivity contribution in [3.05, 3.63) is 11.8 Å². The van der Waals surface area contributed by atoms with Crippen LogP contribution in [0.5, 0.6) is 0 Å². The fourth-order valence-electron chi connectivity index (χ4n) is 2.43. The van der Waals surface area contributed by atoms with Gasteiger partial charge in [-0.15, -0.1) is 14.5 Å². The molecule has 136 valence electrons. The number of aromatic nitrogens is 2. The Morgan fingerprint density at radius 1 is 1.54 bits per heavy atom. The van der Waals surface area contributed by atoms with E-state index in [-0.39, 0.29) is 12.3 Å². The highest BCUT2D eigenvalue weighted by Gasteiger charge is 2.35. The van der Waals surface area contributed by atoms with E-state index < -0.39 is 28.4 Å². The second-order valence-corrected chi connectivity index (χ2v) is 6.49. The van der Waals surface area contributed by atoms with E-state index in [1.807, 2.05) is 7.05 Å². The summed E-state index contributed by atoms with van der Waals surface area (Å²) in [6.07, 6.45) is 1.90. The van der Waals surface area contributed by atoms with E-state index in [2.05, 4.69) is 19.8 Å². The second kappa shape index (κ2) is 7.98. The Labute approximate surface area is 139 Å². The third-order valence-corrected chi connectivity index (χ3v) is 3.99. The fraction of sp³-hybridized carbons (Fsp3) is 0.750. The van der Waals surface area contributed by atoms with Crippen LogP contribution in [0.4, 0.5) is 0 Å². The van der Waals surface area contributed by atoms with Gasteiger partial charge in [0.05, 0.1) is 12.1 Å². The van der Waals surface area contributed by atoms with Crippen molar-refractivity contribution in [2.45, 2.75) is 44.2 Å². The monoisotopic (exact) mass is 363 g/mol. The number of hydrogen-bond acceptors (Lipinski definition) is 9. The molecule has 4 N–H and O–H groups in total. The molecule has 12 heteroatoms. The number of amides is 1. The lowest BCUT2D eigenvalue weighted by molar-refractivity contribution is -0.157. The molecule has 2 heterocycles. The van der Waals surface area contributed by atoms with Gasteiger partial charge in [-0.1, -0.05) is 0 Å². The summed E-state index contributed by atoms with van der Waals surface area (Å²) in [7, 11) is -2.93. The van der Waals surface area contributed by atoms with Crippen molar-refractivity contribution >= 4 is 16.3 Å². The summed E-state index contributed by atoms with van der Waals surface area (Å²) in [5, 5.41) is 11.4. The molecule has 1 aromatic heterocycles. The molecule has 1 unspecified atom stereocenters. The van der Waals surface area contributed by atoms with Crippen LogP contribution in [0.1, 0.15) is 43.5 Å². The standard InChI is InChI=1S/C12H21N5O6S/c1-14-7-6-10-15-16-12(22-10)9(13)4-2-8-3-5-11(18)17(8)23-24(19,20)21/h8-9,14H,2-7,13H2,1H3,(H,19,20,21)/t8-,9?/m1/s1. The van der Waals surface area contributed by atoms with Crippen LogP contribution >= 0.6 is 0 Å². The van der Waals surface area contributed by atoms with Crippen LogP contribution < -0.4 is 11.1 Å². The zero-order chi connectivity index (χ0) is 17.7. The highest BCUT2D eigenvalue weighted by molar-refractivity contribution is 7.80. The molecular formula is C12H21N5O6S. The molecule has 11 nitrogen and oxygen atoms in total. The largest absolute Gasteiger partial charge is 0.424 e. The van der Waals surface area contributed by atoms with Crippen molar-refractivity contribution in [1.82, 2.24) is 20.6 Å². The Balaban J connectivity index is 1.89. The number of nitrogens with zero attached hydrogens (tertiary/aromatic N) is 3. The molecule has 2 atom stereocenters. The maximum atomic E-state index is 11.6. The number of likely N-dealkylation sites (N-methyl/N-ethyl adjacent to an activating group) is 1. The van der Waals surface area contributed by atoms with Crippen molar-refractivity contribution in [2.75, 3.05) is 13.6 Å². The number of hydroxylamine groups is 2. The molecular weight excluding hydrogens is 342 g/mol. The van der Waals surface area contributed by atoms with Gasteiger partial charge in [-0.3, -0.25) is 9.35 Å². The number of carbonyl (C=O) groups excluding carboxylic acids is 1. The van der Waals surface area contributed by atoms with Gasteiger partial charge in [0, 0.05) is 19.4 Å². The first-order valence-electron chi connectivity index (χ1n) is 7.51. The molecule has 0 spiro atoms. The van der Waals surface area contributed by atoms with Crippen molar-refractivity contribution in [1.29, 1.82) is 0 Å². The van der Waals surface area contributed by atoms with Gasteiger partial charge in [0.2, 0.25) is 17.7 Å². The lowest BCUT2D eigenvalue weighted by atomic mass is 10.1. The van der Waals surface area contributed by atoms with Crippen LogP contribution in [0.25, 0.3) is 0 Å². The Bertz CT molecular complexity index is 663. The Kier molecular flexibility index (Phi) is 6.23. The van der Waals surface area contributed by atoms with Gasteiger partial charge < -0.3 is 15.5 Å². The first-order chi connectivity index (χ1) is 11.3. The van der Waals surface area contributed by atoms with Gasteiger partial charge in [0.15, 0.2) is 0 Å². The van der Waals surface area contributed by atoms with Gasteiger partial charge >= 0.3 is 10.4 Å². The summed E-state index contributed by atoms with van der Waals surface area (Å²) in [5.41, 5.74) is 6.00. The van der Waals surface area contributed by atoms with E-state index in [4.69, 9.17) is 14.7 Å². The Hall–Kier alpha value is -1.60. The number of hydrogen-bond donors (Lipinski definition) is 3. The minimum absolute atomic E-state index is 0.143. The van der Waals surface area contributed by atoms with Gasteiger partial charge in [-0.05, 0) is 26.3 Å². The van der Waals surface area contributed by atoms with Crippen LogP contribution in [0.2, 0.25) is 0 Å². The highest BCUT2D eigenvalue weighted by Crippen LogP contribution is 2.26. The van der Waals surface area contributed by atoms with Gasteiger partial charge in [0.1, 0.15) is 0 Å². The van der Waals surface area contributed by atoms with Crippen molar-refractivity contribution < 1.29 is 26.5 Å². The molecule has 0 radical (unpaired) electrons. The molecule has 1 saturated heterocycles. The first kappa shape index (κ1) is 18.7. The summed E-state index contributed by atoms with van der Waals surface area (Å²) in [5.74, 6) is 0.258. The maximum Gasteiger partial charge on any atom is 0.418 e. The molecule has 1 aromatic rings. The third kappa shape index (κ3) is 5.21. The average molecular weight is 363 g/mol. The van der Waals surface area contributed by atoms with Gasteiger partial charge in [0.25, 0.3) is 0 Å². The van der Waals surface area contributed by atoms with E-state index >= 15 is 0 Å². The predicted molar refractivity (Wildman–Crippen MR) is 80.6 cm³/mol. The molecule has 0 bridgehead atoms. The smallest absolute Gasteiger partial charge is 0.418 e. The summed E-state index contributed by atoms with van der Waals surface area (Å²) in [6.45, 7) is 0.697. The summed E-state index contributed by atoms with van der Waals surface area (Å²) in [4.78, 5) is 11.6. The van der Waals surface area contributed by atoms with E-state index in [0.29, 0.717) is 43.2 Å². The van der Waals surface area contributed by atoms with Crippen LogP contribution in [0.3, 0.4) is 0 Å². The van der Waals surface area contributed by atoms with Gasteiger partial charge in [-0.2, -0.15) is 13.5 Å². The molecule has 0 saturated carbocycles. The van der Waals surface area contributed by atoms with Crippen LogP contribution in [0, 0.1) is 0 Å². The molecule has 1 fully saturated rings. The summed E-state index contributed by atoms with van der Waals surface area (Å²) >= 11 is 0. The van der Waals surface area contributed by atoms with E-state index in [1.54, 1.807) is 0 Å². The SMILES string of the molecule is CNCCc1nnc(C(N)CC[C@@H]2CCC(=O)N2OS(=O)(=O)O)o1. The van der Waals surface area contributed by atoms with E-state index in [9.17, 15) is 13.2 Å². The van der Waals surface area contributed by atoms with Crippen molar-refractivity contribution in [2.24, 2.45) is 5.73 Å². The van der Waals surface area contributed by atoms with E-state index in [0.717, 1.165) is 0 Å². The normalized spacial score (nSPS) is 19.9. The number of nitrogens with two attached hydrogens (primary N) is 1. The lowest BCUT2D eigenvalue weighted by Gasteiger charge is -2.22. The quantitative estimate of drug-likeness (QED) is 0.480. The zero-order valence-electron chi connectivity index (χ0n) is 13.2. The third-order valence-electron chi connectivity index (χ3n) is 3.64.